The van der Waals surface area contributed by atoms with Crippen molar-refractivity contribution in [3.05, 3.63) is 18.2 Å². The number of ether oxygens (including phenoxy) is 2. The highest BCUT2D eigenvalue weighted by Gasteiger charge is 2.22. The molecular formula is C13H18N2O3. The molecule has 0 spiro atoms. The quantitative estimate of drug-likeness (QED) is 0.801. The number of amides is 1. The van der Waals surface area contributed by atoms with E-state index in [4.69, 9.17) is 9.47 Å². The molecule has 1 amide bonds. The van der Waals surface area contributed by atoms with Gasteiger partial charge in [0.05, 0.1) is 20.8 Å². The molecule has 1 fully saturated rings. The van der Waals surface area contributed by atoms with Crippen molar-refractivity contribution >= 4 is 11.6 Å². The Balaban J connectivity index is 1.92. The Morgan fingerprint density at radius 1 is 1.22 bits per heavy atom. The summed E-state index contributed by atoms with van der Waals surface area (Å²) in [7, 11) is 3.19. The highest BCUT2D eigenvalue weighted by molar-refractivity contribution is 5.81. The fraction of sp³-hybridized carbons (Fsp3) is 0.462. The number of hydrogen-bond donors (Lipinski definition) is 2. The zero-order chi connectivity index (χ0) is 13.0. The van der Waals surface area contributed by atoms with Gasteiger partial charge in [0, 0.05) is 29.9 Å². The van der Waals surface area contributed by atoms with E-state index >= 15 is 0 Å². The molecule has 0 saturated heterocycles. The van der Waals surface area contributed by atoms with Crippen LogP contribution in [0.4, 0.5) is 5.69 Å². The highest BCUT2D eigenvalue weighted by Crippen LogP contribution is 2.25. The molecule has 18 heavy (non-hydrogen) atoms. The van der Waals surface area contributed by atoms with Gasteiger partial charge >= 0.3 is 0 Å². The fourth-order valence-corrected chi connectivity index (χ4v) is 1.60. The van der Waals surface area contributed by atoms with Crippen molar-refractivity contribution in [2.75, 3.05) is 26.1 Å². The molecule has 5 heteroatoms. The Morgan fingerprint density at radius 3 is 2.33 bits per heavy atom. The minimum Gasteiger partial charge on any atom is -0.497 e. The number of nitrogens with one attached hydrogen (secondary N) is 2. The normalized spacial score (nSPS) is 13.9. The number of anilines is 1. The second-order valence-corrected chi connectivity index (χ2v) is 4.30. The molecule has 1 aliphatic rings. The van der Waals surface area contributed by atoms with E-state index in [1.54, 1.807) is 20.3 Å². The monoisotopic (exact) mass is 250 g/mol. The van der Waals surface area contributed by atoms with Gasteiger partial charge in [-0.25, -0.2) is 0 Å². The SMILES string of the molecule is COc1cc(NCC(=O)NC2CC2)cc(OC)c1. The number of hydrogen-bond acceptors (Lipinski definition) is 4. The molecule has 1 saturated carbocycles. The third kappa shape index (κ3) is 3.55. The van der Waals surface area contributed by atoms with Crippen molar-refractivity contribution in [1.29, 1.82) is 0 Å². The molecule has 0 atom stereocenters. The summed E-state index contributed by atoms with van der Waals surface area (Å²) in [5.41, 5.74) is 0.803. The maximum Gasteiger partial charge on any atom is 0.239 e. The standard InChI is InChI=1S/C13H18N2O3/c1-17-11-5-10(6-12(7-11)18-2)14-8-13(16)15-9-3-4-9/h5-7,9,14H,3-4,8H2,1-2H3,(H,15,16). The van der Waals surface area contributed by atoms with Crippen LogP contribution >= 0.6 is 0 Å². The lowest BCUT2D eigenvalue weighted by molar-refractivity contribution is -0.119. The zero-order valence-electron chi connectivity index (χ0n) is 10.7. The summed E-state index contributed by atoms with van der Waals surface area (Å²) >= 11 is 0. The first-order valence-electron chi connectivity index (χ1n) is 5.97. The molecule has 0 radical (unpaired) electrons. The smallest absolute Gasteiger partial charge is 0.239 e. The number of benzene rings is 1. The van der Waals surface area contributed by atoms with Crippen LogP contribution in [0.5, 0.6) is 11.5 Å². The first kappa shape index (κ1) is 12.5. The maximum atomic E-state index is 11.5. The molecule has 98 valence electrons. The van der Waals surface area contributed by atoms with Crippen LogP contribution in [0.15, 0.2) is 18.2 Å². The van der Waals surface area contributed by atoms with Gasteiger partial charge in [0.25, 0.3) is 0 Å². The lowest BCUT2D eigenvalue weighted by Crippen LogP contribution is -2.31. The average molecular weight is 250 g/mol. The van der Waals surface area contributed by atoms with Crippen LogP contribution in [0.2, 0.25) is 0 Å². The van der Waals surface area contributed by atoms with Crippen molar-refractivity contribution in [2.45, 2.75) is 18.9 Å². The minimum absolute atomic E-state index is 0.0132. The van der Waals surface area contributed by atoms with E-state index in [0.29, 0.717) is 17.5 Å². The summed E-state index contributed by atoms with van der Waals surface area (Å²) in [6, 6.07) is 5.83. The van der Waals surface area contributed by atoms with Crippen LogP contribution in [0, 0.1) is 0 Å². The fourth-order valence-electron chi connectivity index (χ4n) is 1.60. The first-order valence-corrected chi connectivity index (χ1v) is 5.97. The summed E-state index contributed by atoms with van der Waals surface area (Å²) in [5.74, 6) is 1.40. The van der Waals surface area contributed by atoms with E-state index in [9.17, 15) is 4.79 Å². The lowest BCUT2D eigenvalue weighted by Gasteiger charge is -2.10. The van der Waals surface area contributed by atoms with E-state index in [0.717, 1.165) is 18.5 Å². The van der Waals surface area contributed by atoms with Crippen LogP contribution in [-0.2, 0) is 4.79 Å². The van der Waals surface area contributed by atoms with E-state index in [2.05, 4.69) is 10.6 Å². The van der Waals surface area contributed by atoms with Crippen molar-refractivity contribution in [3.63, 3.8) is 0 Å². The maximum absolute atomic E-state index is 11.5. The summed E-state index contributed by atoms with van der Waals surface area (Å²) in [6.45, 7) is 0.257. The molecule has 0 heterocycles. The van der Waals surface area contributed by atoms with E-state index in [1.165, 1.54) is 0 Å². The number of carbonyl (C=O) groups excluding carboxylic acids is 1. The molecule has 0 unspecified atom stereocenters. The molecule has 5 nitrogen and oxygen atoms in total. The van der Waals surface area contributed by atoms with Crippen LogP contribution in [-0.4, -0.2) is 32.7 Å². The van der Waals surface area contributed by atoms with E-state index in [1.807, 2.05) is 12.1 Å². The molecule has 1 aliphatic carbocycles. The van der Waals surface area contributed by atoms with Gasteiger partial charge < -0.3 is 20.1 Å². The molecule has 0 aromatic heterocycles. The van der Waals surface area contributed by atoms with E-state index < -0.39 is 0 Å². The molecule has 2 N–H and O–H groups in total. The van der Waals surface area contributed by atoms with Crippen molar-refractivity contribution in [3.8, 4) is 11.5 Å². The Morgan fingerprint density at radius 2 is 1.83 bits per heavy atom. The molecular weight excluding hydrogens is 232 g/mol. The van der Waals surface area contributed by atoms with Crippen LogP contribution < -0.4 is 20.1 Å². The van der Waals surface area contributed by atoms with Gasteiger partial charge in [-0.3, -0.25) is 4.79 Å². The summed E-state index contributed by atoms with van der Waals surface area (Å²) in [6.07, 6.45) is 2.19. The van der Waals surface area contributed by atoms with Crippen molar-refractivity contribution < 1.29 is 14.3 Å². The Kier molecular flexibility index (Phi) is 3.92. The Labute approximate surface area is 106 Å². The van der Waals surface area contributed by atoms with Gasteiger partial charge in [0.2, 0.25) is 5.91 Å². The topological polar surface area (TPSA) is 59.6 Å². The largest absolute Gasteiger partial charge is 0.497 e. The van der Waals surface area contributed by atoms with Crippen LogP contribution in [0.1, 0.15) is 12.8 Å². The third-order valence-corrected chi connectivity index (χ3v) is 2.75. The third-order valence-electron chi connectivity index (χ3n) is 2.75. The zero-order valence-corrected chi connectivity index (χ0v) is 10.7. The predicted octanol–water partition coefficient (Wildman–Crippen LogP) is 1.39. The minimum atomic E-state index is 0.0132. The van der Waals surface area contributed by atoms with Crippen molar-refractivity contribution in [2.24, 2.45) is 0 Å². The lowest BCUT2D eigenvalue weighted by atomic mass is 10.2. The molecule has 0 aliphatic heterocycles. The molecule has 2 rings (SSSR count). The Bertz CT molecular complexity index is 408. The summed E-state index contributed by atoms with van der Waals surface area (Å²) < 4.78 is 10.3. The summed E-state index contributed by atoms with van der Waals surface area (Å²) in [4.78, 5) is 11.5. The van der Waals surface area contributed by atoms with Gasteiger partial charge in [-0.05, 0) is 12.8 Å². The van der Waals surface area contributed by atoms with Gasteiger partial charge in [0.15, 0.2) is 0 Å². The average Bonchev–Trinajstić information content (AvgIpc) is 3.19. The van der Waals surface area contributed by atoms with Crippen molar-refractivity contribution in [1.82, 2.24) is 5.32 Å². The summed E-state index contributed by atoms with van der Waals surface area (Å²) in [5, 5.41) is 5.97. The highest BCUT2D eigenvalue weighted by atomic mass is 16.5. The molecule has 1 aromatic rings. The first-order chi connectivity index (χ1) is 8.71. The predicted molar refractivity (Wildman–Crippen MR) is 69.2 cm³/mol. The van der Waals surface area contributed by atoms with Gasteiger partial charge in [-0.1, -0.05) is 0 Å². The van der Waals surface area contributed by atoms with Crippen LogP contribution in [0.3, 0.4) is 0 Å². The second kappa shape index (κ2) is 5.62. The van der Waals surface area contributed by atoms with Gasteiger partial charge in [-0.2, -0.15) is 0 Å². The Hall–Kier alpha value is -1.91. The number of rotatable bonds is 6. The van der Waals surface area contributed by atoms with Crippen LogP contribution in [0.25, 0.3) is 0 Å². The van der Waals surface area contributed by atoms with E-state index in [-0.39, 0.29) is 12.5 Å². The second-order valence-electron chi connectivity index (χ2n) is 4.30. The molecule has 0 bridgehead atoms. The molecule has 1 aromatic carbocycles. The number of carbonyl (C=O) groups is 1. The van der Waals surface area contributed by atoms with Gasteiger partial charge in [-0.15, -0.1) is 0 Å². The number of methoxy groups -OCH3 is 2. The van der Waals surface area contributed by atoms with Gasteiger partial charge in [0.1, 0.15) is 11.5 Å².